The zero-order valence-corrected chi connectivity index (χ0v) is 13.7. The average Bonchev–Trinajstić information content (AvgIpc) is 2.68. The van der Waals surface area contributed by atoms with Crippen molar-refractivity contribution in [2.75, 3.05) is 26.2 Å². The molecule has 0 saturated carbocycles. The Morgan fingerprint density at radius 2 is 1.95 bits per heavy atom. The van der Waals surface area contributed by atoms with E-state index in [0.29, 0.717) is 26.1 Å². The minimum absolute atomic E-state index is 0.00757. The number of carbonyl (C=O) groups excluding carboxylic acids is 1. The number of hydrogen-bond acceptors (Lipinski definition) is 4. The second-order valence-corrected chi connectivity index (χ2v) is 7.41. The molecule has 21 heavy (non-hydrogen) atoms. The lowest BCUT2D eigenvalue weighted by molar-refractivity contribution is -0.128. The molecule has 0 atom stereocenters. The maximum absolute atomic E-state index is 12.6. The highest BCUT2D eigenvalue weighted by Gasteiger charge is 2.28. The molecular weight excluding hydrogens is 337 g/mol. The second-order valence-electron chi connectivity index (χ2n) is 4.71. The molecule has 0 aliphatic carbocycles. The fourth-order valence-electron chi connectivity index (χ4n) is 2.14. The minimum Gasteiger partial charge on any atom is -0.342 e. The summed E-state index contributed by atoms with van der Waals surface area (Å²) in [4.78, 5) is 16.8. The number of aromatic nitrogens is 1. The average molecular weight is 352 g/mol. The quantitative estimate of drug-likeness (QED) is 0.759. The van der Waals surface area contributed by atoms with Gasteiger partial charge in [0.05, 0.1) is 5.02 Å². The SMILES string of the molecule is CC(=O)N1CCCN(S(=O)(=O)c2cnc(Cl)c(Cl)c2)CC1. The number of sulfonamides is 1. The molecule has 1 fully saturated rings. The molecular formula is C12H15Cl2N3O3S. The van der Waals surface area contributed by atoms with E-state index in [1.165, 1.54) is 23.5 Å². The number of pyridine rings is 1. The van der Waals surface area contributed by atoms with Crippen molar-refractivity contribution in [1.29, 1.82) is 0 Å². The second kappa shape index (κ2) is 6.48. The summed E-state index contributed by atoms with van der Waals surface area (Å²) in [6, 6.07) is 1.29. The fourth-order valence-corrected chi connectivity index (χ4v) is 3.92. The summed E-state index contributed by atoms with van der Waals surface area (Å²) in [6.07, 6.45) is 1.78. The third kappa shape index (κ3) is 3.66. The van der Waals surface area contributed by atoms with E-state index in [0.717, 1.165) is 0 Å². The molecule has 2 rings (SSSR count). The summed E-state index contributed by atoms with van der Waals surface area (Å²) in [5.41, 5.74) is 0. The van der Waals surface area contributed by atoms with Gasteiger partial charge in [-0.3, -0.25) is 4.79 Å². The fraction of sp³-hybridized carbons (Fsp3) is 0.500. The van der Waals surface area contributed by atoms with Crippen molar-refractivity contribution in [2.45, 2.75) is 18.2 Å². The largest absolute Gasteiger partial charge is 0.342 e. The number of carbonyl (C=O) groups is 1. The molecule has 9 heteroatoms. The monoisotopic (exact) mass is 351 g/mol. The van der Waals surface area contributed by atoms with Gasteiger partial charge >= 0.3 is 0 Å². The molecule has 2 heterocycles. The Kier molecular flexibility index (Phi) is 5.08. The molecule has 0 aromatic carbocycles. The molecule has 0 radical (unpaired) electrons. The molecule has 1 aromatic heterocycles. The van der Waals surface area contributed by atoms with Crippen molar-refractivity contribution in [1.82, 2.24) is 14.2 Å². The van der Waals surface area contributed by atoms with Gasteiger partial charge in [0.1, 0.15) is 10.0 Å². The normalized spacial score (nSPS) is 17.6. The van der Waals surface area contributed by atoms with Crippen LogP contribution in [0.25, 0.3) is 0 Å². The van der Waals surface area contributed by atoms with E-state index < -0.39 is 10.0 Å². The van der Waals surface area contributed by atoms with Crippen LogP contribution in [-0.2, 0) is 14.8 Å². The maximum atomic E-state index is 12.6. The van der Waals surface area contributed by atoms with Crippen LogP contribution in [-0.4, -0.2) is 54.7 Å². The Hall–Kier alpha value is -0.890. The highest BCUT2D eigenvalue weighted by molar-refractivity contribution is 7.89. The summed E-state index contributed by atoms with van der Waals surface area (Å²) < 4.78 is 26.5. The van der Waals surface area contributed by atoms with Crippen LogP contribution < -0.4 is 0 Å². The molecule has 1 aromatic rings. The van der Waals surface area contributed by atoms with Crippen LogP contribution in [0, 0.1) is 0 Å². The summed E-state index contributed by atoms with van der Waals surface area (Å²) in [5.74, 6) is -0.0505. The molecule has 6 nitrogen and oxygen atoms in total. The van der Waals surface area contributed by atoms with Crippen molar-refractivity contribution in [2.24, 2.45) is 0 Å². The van der Waals surface area contributed by atoms with Crippen molar-refractivity contribution >= 4 is 39.1 Å². The van der Waals surface area contributed by atoms with Gasteiger partial charge in [0.15, 0.2) is 0 Å². The highest BCUT2D eigenvalue weighted by Crippen LogP contribution is 2.24. The molecule has 116 valence electrons. The van der Waals surface area contributed by atoms with Crippen LogP contribution in [0.4, 0.5) is 0 Å². The first-order valence-corrected chi connectivity index (χ1v) is 8.58. The first kappa shape index (κ1) is 16.5. The summed E-state index contributed by atoms with van der Waals surface area (Å²) >= 11 is 11.5. The standard InChI is InChI=1S/C12H15Cl2N3O3S/c1-9(18)16-3-2-4-17(6-5-16)21(19,20)10-7-11(13)12(14)15-8-10/h7-8H,2-6H2,1H3. The predicted molar refractivity (Wildman–Crippen MR) is 79.9 cm³/mol. The Bertz CT molecular complexity index is 651. The predicted octanol–water partition coefficient (Wildman–Crippen LogP) is 1.63. The minimum atomic E-state index is -3.68. The van der Waals surface area contributed by atoms with Crippen LogP contribution in [0.1, 0.15) is 13.3 Å². The third-order valence-corrected chi connectivity index (χ3v) is 5.86. The van der Waals surface area contributed by atoms with Crippen LogP contribution in [0.15, 0.2) is 17.2 Å². The van der Waals surface area contributed by atoms with Gasteiger partial charge in [0.2, 0.25) is 15.9 Å². The Morgan fingerprint density at radius 3 is 2.57 bits per heavy atom. The van der Waals surface area contributed by atoms with E-state index in [-0.39, 0.29) is 27.5 Å². The van der Waals surface area contributed by atoms with E-state index in [2.05, 4.69) is 4.98 Å². The smallest absolute Gasteiger partial charge is 0.244 e. The Labute approximate surface area is 133 Å². The topological polar surface area (TPSA) is 70.6 Å². The number of hydrogen-bond donors (Lipinski definition) is 0. The van der Waals surface area contributed by atoms with E-state index in [1.807, 2.05) is 0 Å². The van der Waals surface area contributed by atoms with Gasteiger partial charge in [0, 0.05) is 39.3 Å². The van der Waals surface area contributed by atoms with E-state index in [1.54, 1.807) is 4.90 Å². The number of nitrogens with zero attached hydrogens (tertiary/aromatic N) is 3. The number of halogens is 2. The number of rotatable bonds is 2. The maximum Gasteiger partial charge on any atom is 0.244 e. The van der Waals surface area contributed by atoms with Gasteiger partial charge < -0.3 is 4.90 Å². The van der Waals surface area contributed by atoms with Crippen molar-refractivity contribution in [3.05, 3.63) is 22.4 Å². The van der Waals surface area contributed by atoms with Gasteiger partial charge in [-0.25, -0.2) is 13.4 Å². The molecule has 1 amide bonds. The van der Waals surface area contributed by atoms with Gasteiger partial charge in [0.25, 0.3) is 0 Å². The summed E-state index contributed by atoms with van der Waals surface area (Å²) in [7, 11) is -3.68. The Morgan fingerprint density at radius 1 is 1.24 bits per heavy atom. The molecule has 0 N–H and O–H groups in total. The van der Waals surface area contributed by atoms with Crippen molar-refractivity contribution < 1.29 is 13.2 Å². The van der Waals surface area contributed by atoms with Crippen LogP contribution >= 0.6 is 23.2 Å². The first-order chi connectivity index (χ1) is 9.82. The van der Waals surface area contributed by atoms with Gasteiger partial charge in [-0.15, -0.1) is 0 Å². The molecule has 0 spiro atoms. The number of amides is 1. The highest BCUT2D eigenvalue weighted by atomic mass is 35.5. The van der Waals surface area contributed by atoms with Crippen molar-refractivity contribution in [3.63, 3.8) is 0 Å². The lowest BCUT2D eigenvalue weighted by Gasteiger charge is -2.21. The van der Waals surface area contributed by atoms with E-state index >= 15 is 0 Å². The molecule has 0 bridgehead atoms. The lowest BCUT2D eigenvalue weighted by atomic mass is 10.4. The lowest BCUT2D eigenvalue weighted by Crippen LogP contribution is -2.36. The Balaban J connectivity index is 2.23. The van der Waals surface area contributed by atoms with Gasteiger partial charge in [-0.2, -0.15) is 4.31 Å². The first-order valence-electron chi connectivity index (χ1n) is 6.39. The zero-order valence-electron chi connectivity index (χ0n) is 11.4. The van der Waals surface area contributed by atoms with Crippen molar-refractivity contribution in [3.8, 4) is 0 Å². The van der Waals surface area contributed by atoms with Crippen LogP contribution in [0.5, 0.6) is 0 Å². The van der Waals surface area contributed by atoms with E-state index in [9.17, 15) is 13.2 Å². The third-order valence-electron chi connectivity index (χ3n) is 3.31. The molecule has 0 unspecified atom stereocenters. The van der Waals surface area contributed by atoms with Crippen LogP contribution in [0.3, 0.4) is 0 Å². The van der Waals surface area contributed by atoms with Gasteiger partial charge in [-0.1, -0.05) is 23.2 Å². The molecule has 1 aliphatic heterocycles. The molecule has 1 aliphatic rings. The summed E-state index contributed by atoms with van der Waals surface area (Å²) in [6.45, 7) is 3.02. The molecule has 1 saturated heterocycles. The van der Waals surface area contributed by atoms with Crippen LogP contribution in [0.2, 0.25) is 10.2 Å². The van der Waals surface area contributed by atoms with Gasteiger partial charge in [-0.05, 0) is 12.5 Å². The zero-order chi connectivity index (χ0) is 15.6. The van der Waals surface area contributed by atoms with E-state index in [4.69, 9.17) is 23.2 Å². The summed E-state index contributed by atoms with van der Waals surface area (Å²) in [5, 5.41) is 0.159.